The summed E-state index contributed by atoms with van der Waals surface area (Å²) in [6.07, 6.45) is 1.62. The average Bonchev–Trinajstić information content (AvgIpc) is 3.04. The second kappa shape index (κ2) is 10.0. The Kier molecular flexibility index (Phi) is 8.40. The maximum absolute atomic E-state index is 12.1. The SMILES string of the molecule is Cl.NCCCC[C@H](NC(=O)c1cc(-c2ccc(Cl)cc2)on1)C(=O)O. The molecule has 1 amide bonds. The van der Waals surface area contributed by atoms with Gasteiger partial charge in [-0.05, 0) is 50.1 Å². The van der Waals surface area contributed by atoms with Crippen LogP contribution < -0.4 is 11.1 Å². The molecule has 136 valence electrons. The van der Waals surface area contributed by atoms with Crippen LogP contribution in [0.15, 0.2) is 34.9 Å². The third-order valence-corrected chi connectivity index (χ3v) is 3.67. The van der Waals surface area contributed by atoms with Crippen LogP contribution in [0.4, 0.5) is 0 Å². The van der Waals surface area contributed by atoms with Crippen LogP contribution in [0.2, 0.25) is 5.02 Å². The van der Waals surface area contributed by atoms with Gasteiger partial charge in [0.25, 0.3) is 5.91 Å². The number of nitrogens with two attached hydrogens (primary N) is 1. The maximum Gasteiger partial charge on any atom is 0.326 e. The van der Waals surface area contributed by atoms with Crippen molar-refractivity contribution in [1.82, 2.24) is 10.5 Å². The number of carboxylic acids is 1. The van der Waals surface area contributed by atoms with Crippen LogP contribution in [0, 0.1) is 0 Å². The summed E-state index contributed by atoms with van der Waals surface area (Å²) in [6.45, 7) is 0.480. The lowest BCUT2D eigenvalue weighted by Gasteiger charge is -2.12. The summed E-state index contributed by atoms with van der Waals surface area (Å²) in [7, 11) is 0. The van der Waals surface area contributed by atoms with E-state index in [0.717, 1.165) is 0 Å². The quantitative estimate of drug-likeness (QED) is 0.599. The van der Waals surface area contributed by atoms with Gasteiger partial charge in [0.15, 0.2) is 11.5 Å². The lowest BCUT2D eigenvalue weighted by molar-refractivity contribution is -0.139. The highest BCUT2D eigenvalue weighted by Gasteiger charge is 2.22. The number of halogens is 2. The Morgan fingerprint density at radius 1 is 1.28 bits per heavy atom. The van der Waals surface area contributed by atoms with Crippen molar-refractivity contribution >= 4 is 35.9 Å². The van der Waals surface area contributed by atoms with Crippen molar-refractivity contribution in [1.29, 1.82) is 0 Å². The number of carbonyl (C=O) groups is 2. The van der Waals surface area contributed by atoms with Crippen LogP contribution in [0.1, 0.15) is 29.8 Å². The van der Waals surface area contributed by atoms with Gasteiger partial charge in [-0.25, -0.2) is 4.79 Å². The molecule has 0 saturated carbocycles. The summed E-state index contributed by atoms with van der Waals surface area (Å²) in [5.41, 5.74) is 6.12. The summed E-state index contributed by atoms with van der Waals surface area (Å²) < 4.78 is 5.13. The van der Waals surface area contributed by atoms with E-state index in [1.807, 2.05) is 0 Å². The summed E-state index contributed by atoms with van der Waals surface area (Å²) in [4.78, 5) is 23.4. The van der Waals surface area contributed by atoms with Crippen LogP contribution >= 0.6 is 24.0 Å². The van der Waals surface area contributed by atoms with E-state index in [9.17, 15) is 14.7 Å². The van der Waals surface area contributed by atoms with E-state index in [1.54, 1.807) is 24.3 Å². The molecule has 0 saturated heterocycles. The Labute approximate surface area is 155 Å². The van der Waals surface area contributed by atoms with Gasteiger partial charge in [-0.2, -0.15) is 0 Å². The lowest BCUT2D eigenvalue weighted by atomic mass is 10.1. The van der Waals surface area contributed by atoms with Crippen LogP contribution in [0.3, 0.4) is 0 Å². The van der Waals surface area contributed by atoms with Crippen molar-refractivity contribution in [3.63, 3.8) is 0 Å². The van der Waals surface area contributed by atoms with Crippen molar-refractivity contribution in [2.24, 2.45) is 5.73 Å². The third-order valence-electron chi connectivity index (χ3n) is 3.42. The average molecular weight is 388 g/mol. The van der Waals surface area contributed by atoms with E-state index < -0.39 is 17.9 Å². The fraction of sp³-hybridized carbons (Fsp3) is 0.312. The molecule has 0 fully saturated rings. The number of amides is 1. The number of hydrogen-bond donors (Lipinski definition) is 3. The van der Waals surface area contributed by atoms with E-state index in [2.05, 4.69) is 10.5 Å². The van der Waals surface area contributed by atoms with Crippen LogP contribution in [0.25, 0.3) is 11.3 Å². The molecule has 0 unspecified atom stereocenters. The standard InChI is InChI=1S/C16H18ClN3O4.ClH/c17-11-6-4-10(5-7-11)14-9-13(20-24-14)15(21)19-12(16(22)23)3-1-2-8-18;/h4-7,9,12H,1-3,8,18H2,(H,19,21)(H,22,23);1H/t12-;/m0./s1. The Morgan fingerprint density at radius 2 is 1.96 bits per heavy atom. The highest BCUT2D eigenvalue weighted by atomic mass is 35.5. The Balaban J connectivity index is 0.00000312. The Morgan fingerprint density at radius 3 is 2.56 bits per heavy atom. The molecular formula is C16H19Cl2N3O4. The van der Waals surface area contributed by atoms with Gasteiger partial charge in [-0.3, -0.25) is 4.79 Å². The number of rotatable bonds is 8. The zero-order valence-corrected chi connectivity index (χ0v) is 14.8. The molecule has 1 aromatic carbocycles. The molecule has 0 radical (unpaired) electrons. The predicted octanol–water partition coefficient (Wildman–Crippen LogP) is 2.73. The molecular weight excluding hydrogens is 369 g/mol. The van der Waals surface area contributed by atoms with E-state index >= 15 is 0 Å². The smallest absolute Gasteiger partial charge is 0.326 e. The van der Waals surface area contributed by atoms with Crippen molar-refractivity contribution in [3.05, 3.63) is 41.0 Å². The minimum atomic E-state index is -1.10. The number of hydrogen-bond acceptors (Lipinski definition) is 5. The van der Waals surface area contributed by atoms with Gasteiger partial charge >= 0.3 is 5.97 Å². The van der Waals surface area contributed by atoms with Gasteiger partial charge < -0.3 is 20.7 Å². The number of nitrogens with zero attached hydrogens (tertiary/aromatic N) is 1. The zero-order chi connectivity index (χ0) is 17.5. The molecule has 0 aliphatic rings. The lowest BCUT2D eigenvalue weighted by Crippen LogP contribution is -2.40. The molecule has 0 aliphatic carbocycles. The van der Waals surface area contributed by atoms with Crippen molar-refractivity contribution in [2.75, 3.05) is 6.54 Å². The Bertz CT molecular complexity index is 704. The van der Waals surface area contributed by atoms with E-state index in [-0.39, 0.29) is 18.1 Å². The molecule has 1 atom stereocenters. The molecule has 2 aromatic rings. The first kappa shape index (κ1) is 21.0. The zero-order valence-electron chi connectivity index (χ0n) is 13.3. The number of unbranched alkanes of at least 4 members (excludes halogenated alkanes) is 1. The second-order valence-corrected chi connectivity index (χ2v) is 5.67. The molecule has 0 bridgehead atoms. The number of carbonyl (C=O) groups excluding carboxylic acids is 1. The van der Waals surface area contributed by atoms with Gasteiger partial charge in [0, 0.05) is 16.7 Å². The first-order chi connectivity index (χ1) is 11.5. The molecule has 25 heavy (non-hydrogen) atoms. The fourth-order valence-electron chi connectivity index (χ4n) is 2.11. The first-order valence-electron chi connectivity index (χ1n) is 7.47. The van der Waals surface area contributed by atoms with Gasteiger partial charge in [0.1, 0.15) is 6.04 Å². The monoisotopic (exact) mass is 387 g/mol. The minimum absolute atomic E-state index is 0. The van der Waals surface area contributed by atoms with Crippen LogP contribution in [0.5, 0.6) is 0 Å². The summed E-state index contributed by atoms with van der Waals surface area (Å²) in [5.74, 6) is -1.30. The number of benzene rings is 1. The van der Waals surface area contributed by atoms with Gasteiger partial charge in [-0.15, -0.1) is 12.4 Å². The minimum Gasteiger partial charge on any atom is -0.480 e. The highest BCUT2D eigenvalue weighted by Crippen LogP contribution is 2.22. The predicted molar refractivity (Wildman–Crippen MR) is 96.0 cm³/mol. The Hall–Kier alpha value is -2.09. The van der Waals surface area contributed by atoms with Gasteiger partial charge in [-0.1, -0.05) is 16.8 Å². The van der Waals surface area contributed by atoms with E-state index in [4.69, 9.17) is 21.9 Å². The summed E-state index contributed by atoms with van der Waals surface area (Å²) in [6, 6.07) is 7.32. The van der Waals surface area contributed by atoms with Crippen LogP contribution in [-0.2, 0) is 4.79 Å². The molecule has 0 aliphatic heterocycles. The van der Waals surface area contributed by atoms with E-state index in [0.29, 0.717) is 42.2 Å². The molecule has 7 nitrogen and oxygen atoms in total. The number of carboxylic acid groups (broad SMARTS) is 1. The number of nitrogens with one attached hydrogen (secondary N) is 1. The third kappa shape index (κ3) is 6.04. The first-order valence-corrected chi connectivity index (χ1v) is 7.85. The molecule has 1 heterocycles. The molecule has 2 rings (SSSR count). The largest absolute Gasteiger partial charge is 0.480 e. The van der Waals surface area contributed by atoms with Gasteiger partial charge in [0.05, 0.1) is 0 Å². The summed E-state index contributed by atoms with van der Waals surface area (Å²) in [5, 5.41) is 15.9. The molecule has 4 N–H and O–H groups in total. The number of aromatic nitrogens is 1. The normalized spacial score (nSPS) is 11.4. The van der Waals surface area contributed by atoms with Crippen LogP contribution in [-0.4, -0.2) is 34.7 Å². The van der Waals surface area contributed by atoms with E-state index in [1.165, 1.54) is 6.07 Å². The molecule has 0 spiro atoms. The van der Waals surface area contributed by atoms with Crippen molar-refractivity contribution < 1.29 is 19.2 Å². The maximum atomic E-state index is 12.1. The topological polar surface area (TPSA) is 118 Å². The fourth-order valence-corrected chi connectivity index (χ4v) is 2.24. The van der Waals surface area contributed by atoms with Gasteiger partial charge in [0.2, 0.25) is 0 Å². The number of aliphatic carboxylic acids is 1. The van der Waals surface area contributed by atoms with Crippen molar-refractivity contribution in [2.45, 2.75) is 25.3 Å². The molecule has 9 heteroatoms. The van der Waals surface area contributed by atoms with Crippen molar-refractivity contribution in [3.8, 4) is 11.3 Å². The molecule has 1 aromatic heterocycles. The summed E-state index contributed by atoms with van der Waals surface area (Å²) >= 11 is 5.82. The highest BCUT2D eigenvalue weighted by molar-refractivity contribution is 6.30. The second-order valence-electron chi connectivity index (χ2n) is 5.23.